The molecule has 1 N–H and O–H groups in total. The molecule has 1 aromatic carbocycles. The summed E-state index contributed by atoms with van der Waals surface area (Å²) in [5.74, 6) is 3.70. The molecule has 3 aromatic rings. The lowest BCUT2D eigenvalue weighted by atomic mass is 10.1. The SMILES string of the molecule is CC1CN(c2c(C=O)cc(C#Cc3ccc(-c4nn[nH]n4)s3)c(F)c2F)CC(C)O1. The molecule has 1 aliphatic rings. The predicted molar refractivity (Wildman–Crippen MR) is 107 cm³/mol. The number of H-pyrrole nitrogens is 1. The van der Waals surface area contributed by atoms with E-state index in [1.807, 2.05) is 13.8 Å². The summed E-state index contributed by atoms with van der Waals surface area (Å²) < 4.78 is 35.4. The first-order chi connectivity index (χ1) is 14.5. The van der Waals surface area contributed by atoms with Crippen LogP contribution >= 0.6 is 11.3 Å². The number of rotatable bonds is 3. The average Bonchev–Trinajstić information content (AvgIpc) is 3.39. The van der Waals surface area contributed by atoms with E-state index in [4.69, 9.17) is 4.74 Å². The molecule has 0 radical (unpaired) electrons. The molecule has 154 valence electrons. The molecule has 30 heavy (non-hydrogen) atoms. The van der Waals surface area contributed by atoms with Gasteiger partial charge in [-0.05, 0) is 37.3 Å². The summed E-state index contributed by atoms with van der Waals surface area (Å²) in [6.07, 6.45) is 0.192. The van der Waals surface area contributed by atoms with E-state index < -0.39 is 11.6 Å². The molecule has 0 aliphatic carbocycles. The third kappa shape index (κ3) is 3.94. The number of carbonyl (C=O) groups excluding carboxylic acids is 1. The zero-order chi connectivity index (χ0) is 21.3. The van der Waals surface area contributed by atoms with E-state index in [0.717, 1.165) is 4.88 Å². The van der Waals surface area contributed by atoms with Gasteiger partial charge in [-0.25, -0.2) is 8.78 Å². The summed E-state index contributed by atoms with van der Waals surface area (Å²) in [6, 6.07) is 4.77. The molecular weight excluding hydrogens is 412 g/mol. The van der Waals surface area contributed by atoms with Gasteiger partial charge >= 0.3 is 0 Å². The first kappa shape index (κ1) is 20.1. The molecular formula is C20H17F2N5O2S. The number of morpholine rings is 1. The Morgan fingerprint density at radius 3 is 2.67 bits per heavy atom. The Balaban J connectivity index is 1.67. The van der Waals surface area contributed by atoms with Gasteiger partial charge in [0.05, 0.1) is 33.2 Å². The number of aromatic amines is 1. The molecule has 2 aromatic heterocycles. The lowest BCUT2D eigenvalue weighted by Crippen LogP contribution is -2.46. The smallest absolute Gasteiger partial charge is 0.214 e. The number of nitrogens with zero attached hydrogens (tertiary/aromatic N) is 4. The van der Waals surface area contributed by atoms with E-state index in [-0.39, 0.29) is 29.0 Å². The van der Waals surface area contributed by atoms with Crippen molar-refractivity contribution in [2.75, 3.05) is 18.0 Å². The molecule has 0 bridgehead atoms. The fourth-order valence-corrected chi connectivity index (χ4v) is 4.21. The van der Waals surface area contributed by atoms with Crippen molar-refractivity contribution in [2.24, 2.45) is 0 Å². The van der Waals surface area contributed by atoms with Gasteiger partial charge in [-0.2, -0.15) is 5.21 Å². The normalized spacial score (nSPS) is 18.7. The summed E-state index contributed by atoms with van der Waals surface area (Å²) >= 11 is 1.29. The Bertz CT molecular complexity index is 1130. The molecule has 0 spiro atoms. The number of aldehydes is 1. The Morgan fingerprint density at radius 1 is 1.23 bits per heavy atom. The number of ether oxygens (including phenoxy) is 1. The van der Waals surface area contributed by atoms with Gasteiger partial charge in [0.25, 0.3) is 0 Å². The highest BCUT2D eigenvalue weighted by atomic mass is 32.1. The number of anilines is 1. The van der Waals surface area contributed by atoms with Crippen LogP contribution < -0.4 is 4.90 Å². The number of hydrogen-bond acceptors (Lipinski definition) is 7. The van der Waals surface area contributed by atoms with E-state index >= 15 is 0 Å². The van der Waals surface area contributed by atoms with Crippen LogP contribution in [0.2, 0.25) is 0 Å². The summed E-state index contributed by atoms with van der Waals surface area (Å²) in [5.41, 5.74) is -0.175. The van der Waals surface area contributed by atoms with E-state index in [9.17, 15) is 13.6 Å². The lowest BCUT2D eigenvalue weighted by Gasteiger charge is -2.37. The van der Waals surface area contributed by atoms with Crippen LogP contribution in [0.15, 0.2) is 18.2 Å². The van der Waals surface area contributed by atoms with Gasteiger partial charge in [0.15, 0.2) is 17.9 Å². The van der Waals surface area contributed by atoms with Crippen LogP contribution in [-0.4, -0.2) is 52.2 Å². The van der Waals surface area contributed by atoms with Crippen LogP contribution in [0.4, 0.5) is 14.5 Å². The molecule has 10 heteroatoms. The summed E-state index contributed by atoms with van der Waals surface area (Å²) in [5, 5.41) is 13.6. The molecule has 2 unspecified atom stereocenters. The largest absolute Gasteiger partial charge is 0.372 e. The van der Waals surface area contributed by atoms with Gasteiger partial charge in [-0.15, -0.1) is 21.5 Å². The monoisotopic (exact) mass is 429 g/mol. The van der Waals surface area contributed by atoms with Gasteiger partial charge in [-0.1, -0.05) is 11.8 Å². The number of aromatic nitrogens is 4. The molecule has 2 atom stereocenters. The second-order valence-corrected chi connectivity index (χ2v) is 8.00. The molecule has 0 amide bonds. The minimum Gasteiger partial charge on any atom is -0.372 e. The number of nitrogens with one attached hydrogen (secondary N) is 1. The maximum Gasteiger partial charge on any atom is 0.214 e. The number of halogens is 2. The quantitative estimate of drug-likeness (QED) is 0.509. The minimum atomic E-state index is -1.08. The third-order valence-corrected chi connectivity index (χ3v) is 5.56. The van der Waals surface area contributed by atoms with Crippen molar-refractivity contribution in [1.29, 1.82) is 0 Å². The highest BCUT2D eigenvalue weighted by molar-refractivity contribution is 7.15. The topological polar surface area (TPSA) is 84.0 Å². The van der Waals surface area contributed by atoms with Crippen LogP contribution in [-0.2, 0) is 4.74 Å². The highest BCUT2D eigenvalue weighted by Gasteiger charge is 2.28. The van der Waals surface area contributed by atoms with Crippen molar-refractivity contribution >= 4 is 23.3 Å². The van der Waals surface area contributed by atoms with E-state index in [0.29, 0.717) is 30.1 Å². The number of hydrogen-bond donors (Lipinski definition) is 1. The van der Waals surface area contributed by atoms with Crippen LogP contribution in [0.3, 0.4) is 0 Å². The second-order valence-electron chi connectivity index (χ2n) is 6.92. The third-order valence-electron chi connectivity index (χ3n) is 4.57. The number of carbonyl (C=O) groups is 1. The van der Waals surface area contributed by atoms with Crippen molar-refractivity contribution in [3.63, 3.8) is 0 Å². The molecule has 3 heterocycles. The fraction of sp³-hybridized carbons (Fsp3) is 0.300. The minimum absolute atomic E-state index is 0.0504. The lowest BCUT2D eigenvalue weighted by molar-refractivity contribution is -0.00547. The zero-order valence-corrected chi connectivity index (χ0v) is 17.0. The van der Waals surface area contributed by atoms with Crippen molar-refractivity contribution in [1.82, 2.24) is 20.6 Å². The maximum absolute atomic E-state index is 15.0. The van der Waals surface area contributed by atoms with Gasteiger partial charge in [0.1, 0.15) is 0 Å². The summed E-state index contributed by atoms with van der Waals surface area (Å²) in [7, 11) is 0. The van der Waals surface area contributed by atoms with Gasteiger partial charge in [0, 0.05) is 18.7 Å². The van der Waals surface area contributed by atoms with E-state index in [1.54, 1.807) is 17.0 Å². The molecule has 1 aliphatic heterocycles. The summed E-state index contributed by atoms with van der Waals surface area (Å²) in [4.78, 5) is 14.6. The molecule has 1 fully saturated rings. The van der Waals surface area contributed by atoms with Crippen LogP contribution in [0.25, 0.3) is 10.7 Å². The number of benzene rings is 1. The molecule has 7 nitrogen and oxygen atoms in total. The number of thiophene rings is 1. The van der Waals surface area contributed by atoms with Crippen molar-refractivity contribution in [3.05, 3.63) is 45.8 Å². The number of tetrazole rings is 1. The zero-order valence-electron chi connectivity index (χ0n) is 16.1. The van der Waals surface area contributed by atoms with Crippen molar-refractivity contribution in [3.8, 4) is 22.5 Å². The molecule has 0 saturated carbocycles. The Hall–Kier alpha value is -3.16. The van der Waals surface area contributed by atoms with Crippen LogP contribution in [0.1, 0.15) is 34.6 Å². The molecule has 1 saturated heterocycles. The highest BCUT2D eigenvalue weighted by Crippen LogP contribution is 2.31. The Labute approximate surface area is 175 Å². The average molecular weight is 429 g/mol. The maximum atomic E-state index is 15.0. The first-order valence-corrected chi connectivity index (χ1v) is 10.0. The van der Waals surface area contributed by atoms with Gasteiger partial charge in [0.2, 0.25) is 5.82 Å². The standard InChI is InChI=1S/C20H17F2N5O2S/c1-11-8-27(9-12(2)29-11)19-14(10-28)7-13(17(21)18(19)22)3-4-15-5-6-16(30-15)20-23-25-26-24-20/h5-7,10-12H,8-9H2,1-2H3,(H,23,24,25,26). The fourth-order valence-electron chi connectivity index (χ4n) is 3.42. The van der Waals surface area contributed by atoms with E-state index in [2.05, 4.69) is 32.5 Å². The summed E-state index contributed by atoms with van der Waals surface area (Å²) in [6.45, 7) is 4.42. The van der Waals surface area contributed by atoms with Crippen molar-refractivity contribution in [2.45, 2.75) is 26.1 Å². The Kier molecular flexibility index (Phi) is 5.57. The van der Waals surface area contributed by atoms with Crippen molar-refractivity contribution < 1.29 is 18.3 Å². The first-order valence-electron chi connectivity index (χ1n) is 9.19. The van der Waals surface area contributed by atoms with Gasteiger partial charge in [-0.3, -0.25) is 4.79 Å². The second kappa shape index (κ2) is 8.30. The van der Waals surface area contributed by atoms with Gasteiger partial charge < -0.3 is 9.64 Å². The predicted octanol–water partition coefficient (Wildman–Crippen LogP) is 3.03. The van der Waals surface area contributed by atoms with Crippen LogP contribution in [0, 0.1) is 23.5 Å². The van der Waals surface area contributed by atoms with Crippen LogP contribution in [0.5, 0.6) is 0 Å². The Morgan fingerprint density at radius 2 is 2.00 bits per heavy atom. The molecule has 4 rings (SSSR count). The van der Waals surface area contributed by atoms with E-state index in [1.165, 1.54) is 17.4 Å².